The highest BCUT2D eigenvalue weighted by molar-refractivity contribution is 9.10. The van der Waals surface area contributed by atoms with E-state index >= 15 is 0 Å². The minimum absolute atomic E-state index is 0.596. The molecule has 0 spiro atoms. The molecule has 2 aromatic carbocycles. The number of halogens is 1. The quantitative estimate of drug-likeness (QED) is 0.820. The van der Waals surface area contributed by atoms with Gasteiger partial charge in [-0.15, -0.1) is 0 Å². The first-order chi connectivity index (χ1) is 8.65. The molecule has 0 aliphatic carbocycles. The van der Waals surface area contributed by atoms with Crippen LogP contribution in [0.15, 0.2) is 53.0 Å². The molecule has 18 heavy (non-hydrogen) atoms. The lowest BCUT2D eigenvalue weighted by molar-refractivity contribution is 0.865. The Morgan fingerprint density at radius 1 is 0.944 bits per heavy atom. The van der Waals surface area contributed by atoms with E-state index in [1.807, 2.05) is 12.1 Å². The number of benzene rings is 2. The van der Waals surface area contributed by atoms with Crippen LogP contribution >= 0.6 is 15.9 Å². The molecule has 1 N–H and O–H groups in total. The fourth-order valence-corrected chi connectivity index (χ4v) is 2.06. The molecule has 94 valence electrons. The summed E-state index contributed by atoms with van der Waals surface area (Å²) in [6.45, 7) is 5.30. The van der Waals surface area contributed by atoms with Gasteiger partial charge in [-0.2, -0.15) is 0 Å². The lowest BCUT2D eigenvalue weighted by Gasteiger charge is -2.09. The van der Waals surface area contributed by atoms with Crippen molar-refractivity contribution in [2.75, 3.05) is 5.32 Å². The molecule has 0 aromatic heterocycles. The van der Waals surface area contributed by atoms with Crippen LogP contribution < -0.4 is 5.32 Å². The van der Waals surface area contributed by atoms with Gasteiger partial charge in [0.2, 0.25) is 0 Å². The van der Waals surface area contributed by atoms with Crippen LogP contribution in [-0.4, -0.2) is 0 Å². The van der Waals surface area contributed by atoms with Crippen LogP contribution in [0, 0.1) is 0 Å². The minimum atomic E-state index is 0.596. The van der Waals surface area contributed by atoms with Crippen LogP contribution in [0.25, 0.3) is 0 Å². The van der Waals surface area contributed by atoms with E-state index in [9.17, 15) is 0 Å². The van der Waals surface area contributed by atoms with Crippen LogP contribution in [-0.2, 0) is 6.54 Å². The predicted octanol–water partition coefficient (Wildman–Crippen LogP) is 5.18. The first-order valence-electron chi connectivity index (χ1n) is 6.23. The van der Waals surface area contributed by atoms with Gasteiger partial charge in [0.15, 0.2) is 0 Å². The molecule has 1 nitrogen and oxygen atoms in total. The van der Waals surface area contributed by atoms with E-state index in [0.29, 0.717) is 5.92 Å². The summed E-state index contributed by atoms with van der Waals surface area (Å²) in [7, 11) is 0. The van der Waals surface area contributed by atoms with Gasteiger partial charge in [-0.25, -0.2) is 0 Å². The summed E-state index contributed by atoms with van der Waals surface area (Å²) in [5, 5.41) is 3.42. The molecule has 0 aliphatic rings. The second kappa shape index (κ2) is 6.05. The summed E-state index contributed by atoms with van der Waals surface area (Å²) in [6.07, 6.45) is 0. The predicted molar refractivity (Wildman–Crippen MR) is 82.0 cm³/mol. The van der Waals surface area contributed by atoms with E-state index in [4.69, 9.17) is 0 Å². The van der Waals surface area contributed by atoms with Crippen LogP contribution in [0.3, 0.4) is 0 Å². The van der Waals surface area contributed by atoms with Crippen molar-refractivity contribution in [3.63, 3.8) is 0 Å². The first kappa shape index (κ1) is 13.2. The molecule has 0 atom stereocenters. The highest BCUT2D eigenvalue weighted by Crippen LogP contribution is 2.17. The van der Waals surface area contributed by atoms with E-state index < -0.39 is 0 Å². The van der Waals surface area contributed by atoms with Gasteiger partial charge >= 0.3 is 0 Å². The second-order valence-corrected chi connectivity index (χ2v) is 5.67. The Hall–Kier alpha value is -1.28. The fraction of sp³-hybridized carbons (Fsp3) is 0.250. The lowest BCUT2D eigenvalue weighted by Crippen LogP contribution is -1.99. The normalized spacial score (nSPS) is 10.7. The zero-order valence-corrected chi connectivity index (χ0v) is 12.4. The number of anilines is 1. The molecule has 0 heterocycles. The van der Waals surface area contributed by atoms with Crippen molar-refractivity contribution in [2.45, 2.75) is 26.3 Å². The zero-order chi connectivity index (χ0) is 13.0. The number of rotatable bonds is 4. The Morgan fingerprint density at radius 3 is 2.11 bits per heavy atom. The first-order valence-corrected chi connectivity index (χ1v) is 7.03. The van der Waals surface area contributed by atoms with Gasteiger partial charge in [-0.1, -0.05) is 54.0 Å². The van der Waals surface area contributed by atoms with E-state index in [0.717, 1.165) is 16.7 Å². The minimum Gasteiger partial charge on any atom is -0.381 e. The van der Waals surface area contributed by atoms with Crippen molar-refractivity contribution in [3.8, 4) is 0 Å². The molecule has 0 unspecified atom stereocenters. The summed E-state index contributed by atoms with van der Waals surface area (Å²) in [6, 6.07) is 17.1. The summed E-state index contributed by atoms with van der Waals surface area (Å²) in [5.41, 5.74) is 3.84. The Bertz CT molecular complexity index is 486. The van der Waals surface area contributed by atoms with Crippen LogP contribution in [0.5, 0.6) is 0 Å². The number of hydrogen-bond acceptors (Lipinski definition) is 1. The lowest BCUT2D eigenvalue weighted by atomic mass is 10.0. The van der Waals surface area contributed by atoms with Gasteiger partial charge in [0.25, 0.3) is 0 Å². The number of hydrogen-bond donors (Lipinski definition) is 1. The summed E-state index contributed by atoms with van der Waals surface area (Å²) in [4.78, 5) is 0. The molecule has 2 heteroatoms. The SMILES string of the molecule is CC(C)c1ccc(CNc2ccc(Br)cc2)cc1. The van der Waals surface area contributed by atoms with E-state index in [1.165, 1.54) is 11.1 Å². The van der Waals surface area contributed by atoms with Crippen molar-refractivity contribution < 1.29 is 0 Å². The van der Waals surface area contributed by atoms with E-state index in [1.54, 1.807) is 0 Å². The highest BCUT2D eigenvalue weighted by atomic mass is 79.9. The Labute approximate surface area is 117 Å². The van der Waals surface area contributed by atoms with Crippen LogP contribution in [0.4, 0.5) is 5.69 Å². The number of nitrogens with one attached hydrogen (secondary N) is 1. The molecule has 0 radical (unpaired) electrons. The molecule has 0 bridgehead atoms. The largest absolute Gasteiger partial charge is 0.381 e. The second-order valence-electron chi connectivity index (χ2n) is 4.76. The standard InChI is InChI=1S/C16H18BrN/c1-12(2)14-5-3-13(4-6-14)11-18-16-9-7-15(17)8-10-16/h3-10,12,18H,11H2,1-2H3. The maximum Gasteiger partial charge on any atom is 0.0400 e. The van der Waals surface area contributed by atoms with Gasteiger partial charge in [0.05, 0.1) is 0 Å². The van der Waals surface area contributed by atoms with Crippen molar-refractivity contribution in [1.82, 2.24) is 0 Å². The average Bonchev–Trinajstić information content (AvgIpc) is 2.38. The third kappa shape index (κ3) is 3.61. The van der Waals surface area contributed by atoms with Crippen molar-refractivity contribution in [1.29, 1.82) is 0 Å². The molecular formula is C16H18BrN. The summed E-state index contributed by atoms with van der Waals surface area (Å²) >= 11 is 3.44. The van der Waals surface area contributed by atoms with Gasteiger partial charge in [0.1, 0.15) is 0 Å². The molecule has 0 saturated heterocycles. The molecule has 2 aromatic rings. The summed E-state index contributed by atoms with van der Waals surface area (Å²) < 4.78 is 1.11. The molecule has 0 aliphatic heterocycles. The molecule has 0 fully saturated rings. The third-order valence-electron chi connectivity index (χ3n) is 2.99. The van der Waals surface area contributed by atoms with Crippen LogP contribution in [0.2, 0.25) is 0 Å². The van der Waals surface area contributed by atoms with Crippen molar-refractivity contribution in [2.24, 2.45) is 0 Å². The average molecular weight is 304 g/mol. The zero-order valence-electron chi connectivity index (χ0n) is 10.8. The maximum absolute atomic E-state index is 3.44. The van der Waals surface area contributed by atoms with Gasteiger partial charge in [0, 0.05) is 16.7 Å². The molecule has 0 saturated carbocycles. The Morgan fingerprint density at radius 2 is 1.56 bits per heavy atom. The van der Waals surface area contributed by atoms with Crippen LogP contribution in [0.1, 0.15) is 30.9 Å². The van der Waals surface area contributed by atoms with Crippen molar-refractivity contribution in [3.05, 3.63) is 64.1 Å². The molecule has 2 rings (SSSR count). The Balaban J connectivity index is 1.95. The van der Waals surface area contributed by atoms with Gasteiger partial charge in [-0.3, -0.25) is 0 Å². The van der Waals surface area contributed by atoms with E-state index in [-0.39, 0.29) is 0 Å². The van der Waals surface area contributed by atoms with Gasteiger partial charge < -0.3 is 5.32 Å². The summed E-state index contributed by atoms with van der Waals surface area (Å²) in [5.74, 6) is 0.596. The topological polar surface area (TPSA) is 12.0 Å². The molecular weight excluding hydrogens is 286 g/mol. The third-order valence-corrected chi connectivity index (χ3v) is 3.52. The van der Waals surface area contributed by atoms with Gasteiger partial charge in [-0.05, 0) is 41.3 Å². The maximum atomic E-state index is 3.44. The Kier molecular flexibility index (Phi) is 4.43. The monoisotopic (exact) mass is 303 g/mol. The smallest absolute Gasteiger partial charge is 0.0400 e. The van der Waals surface area contributed by atoms with E-state index in [2.05, 4.69) is 71.5 Å². The van der Waals surface area contributed by atoms with Crippen molar-refractivity contribution >= 4 is 21.6 Å². The fourth-order valence-electron chi connectivity index (χ4n) is 1.79. The highest BCUT2D eigenvalue weighted by Gasteiger charge is 1.99. The molecule has 0 amide bonds.